The van der Waals surface area contributed by atoms with Gasteiger partial charge in [-0.2, -0.15) is 0 Å². The van der Waals surface area contributed by atoms with E-state index in [1.165, 1.54) is 0 Å². The molecule has 1 rings (SSSR count). The monoisotopic (exact) mass is 117 g/mol. The summed E-state index contributed by atoms with van der Waals surface area (Å²) in [6.07, 6.45) is 2.82. The lowest BCUT2D eigenvalue weighted by Gasteiger charge is -2.31. The van der Waals surface area contributed by atoms with Crippen molar-refractivity contribution in [2.75, 3.05) is 6.67 Å². The van der Waals surface area contributed by atoms with Gasteiger partial charge in [-0.05, 0) is 25.2 Å². The molecule has 2 heteroatoms. The van der Waals surface area contributed by atoms with Crippen LogP contribution in [0.1, 0.15) is 19.3 Å². The van der Waals surface area contributed by atoms with Crippen molar-refractivity contribution in [3.63, 3.8) is 0 Å². The van der Waals surface area contributed by atoms with E-state index in [0.717, 1.165) is 19.3 Å². The van der Waals surface area contributed by atoms with Crippen LogP contribution < -0.4 is 5.73 Å². The van der Waals surface area contributed by atoms with E-state index in [9.17, 15) is 4.39 Å². The van der Waals surface area contributed by atoms with Gasteiger partial charge in [0, 0.05) is 6.04 Å². The molecular formula is C6H12FN. The zero-order valence-electron chi connectivity index (χ0n) is 4.94. The van der Waals surface area contributed by atoms with Gasteiger partial charge in [-0.1, -0.05) is 0 Å². The Kier molecular flexibility index (Phi) is 1.84. The second-order valence-electron chi connectivity index (χ2n) is 2.58. The number of halogens is 1. The first-order chi connectivity index (χ1) is 3.83. The molecule has 2 N–H and O–H groups in total. The molecule has 0 unspecified atom stereocenters. The van der Waals surface area contributed by atoms with Gasteiger partial charge in [0.25, 0.3) is 0 Å². The van der Waals surface area contributed by atoms with E-state index in [2.05, 4.69) is 0 Å². The van der Waals surface area contributed by atoms with Crippen molar-refractivity contribution in [2.24, 2.45) is 11.7 Å². The molecule has 1 aliphatic carbocycles. The van der Waals surface area contributed by atoms with Gasteiger partial charge in [0.05, 0.1) is 6.67 Å². The Morgan fingerprint density at radius 1 is 1.50 bits per heavy atom. The fourth-order valence-corrected chi connectivity index (χ4v) is 1.18. The van der Waals surface area contributed by atoms with Gasteiger partial charge in [-0.25, -0.2) is 0 Å². The van der Waals surface area contributed by atoms with E-state index in [1.54, 1.807) is 0 Å². The third kappa shape index (κ3) is 1.19. The van der Waals surface area contributed by atoms with E-state index in [1.807, 2.05) is 0 Å². The Bertz CT molecular complexity index is 66.2. The summed E-state index contributed by atoms with van der Waals surface area (Å²) in [6, 6.07) is 0.381. The molecule has 1 saturated carbocycles. The molecule has 0 heterocycles. The fraction of sp³-hybridized carbons (Fsp3) is 1.00. The van der Waals surface area contributed by atoms with Crippen LogP contribution in [-0.4, -0.2) is 12.7 Å². The van der Waals surface area contributed by atoms with Crippen LogP contribution >= 0.6 is 0 Å². The van der Waals surface area contributed by atoms with Crippen LogP contribution in [0, 0.1) is 5.92 Å². The molecule has 48 valence electrons. The first-order valence-corrected chi connectivity index (χ1v) is 3.14. The van der Waals surface area contributed by atoms with Gasteiger partial charge in [0.1, 0.15) is 0 Å². The molecule has 1 nitrogen and oxygen atoms in total. The molecule has 0 aliphatic heterocycles. The average Bonchev–Trinajstić information content (AvgIpc) is 1.64. The summed E-state index contributed by atoms with van der Waals surface area (Å²) < 4.78 is 11.6. The molecule has 0 amide bonds. The number of rotatable bonds is 2. The maximum atomic E-state index is 11.6. The Hall–Kier alpha value is -0.110. The quantitative estimate of drug-likeness (QED) is 0.575. The fourth-order valence-electron chi connectivity index (χ4n) is 1.18. The minimum Gasteiger partial charge on any atom is -0.328 e. The van der Waals surface area contributed by atoms with Gasteiger partial charge in [0.15, 0.2) is 0 Å². The molecule has 8 heavy (non-hydrogen) atoms. The summed E-state index contributed by atoms with van der Waals surface area (Å²) in [5, 5.41) is 0. The molecule has 0 atom stereocenters. The van der Waals surface area contributed by atoms with E-state index >= 15 is 0 Å². The van der Waals surface area contributed by atoms with Gasteiger partial charge < -0.3 is 5.73 Å². The van der Waals surface area contributed by atoms with E-state index < -0.39 is 0 Å². The molecule has 0 radical (unpaired) electrons. The molecule has 0 aromatic carbocycles. The van der Waals surface area contributed by atoms with Crippen LogP contribution in [0.5, 0.6) is 0 Å². The number of hydrogen-bond acceptors (Lipinski definition) is 1. The highest BCUT2D eigenvalue weighted by molar-refractivity contribution is 4.81. The van der Waals surface area contributed by atoms with Crippen molar-refractivity contribution in [1.82, 2.24) is 0 Å². The Morgan fingerprint density at radius 3 is 2.50 bits per heavy atom. The van der Waals surface area contributed by atoms with Crippen molar-refractivity contribution < 1.29 is 4.39 Å². The van der Waals surface area contributed by atoms with Crippen LogP contribution in [0.4, 0.5) is 4.39 Å². The van der Waals surface area contributed by atoms with Crippen LogP contribution in [-0.2, 0) is 0 Å². The highest BCUT2D eigenvalue weighted by atomic mass is 19.1. The first kappa shape index (κ1) is 6.02. The minimum atomic E-state index is -0.169. The second-order valence-corrected chi connectivity index (χ2v) is 2.58. The molecule has 1 fully saturated rings. The SMILES string of the molecule is NC1CC(CCF)C1. The summed E-state index contributed by atoms with van der Waals surface area (Å²) in [7, 11) is 0. The zero-order chi connectivity index (χ0) is 5.98. The topological polar surface area (TPSA) is 26.0 Å². The summed E-state index contributed by atoms with van der Waals surface area (Å²) >= 11 is 0. The normalized spacial score (nSPS) is 36.8. The lowest BCUT2D eigenvalue weighted by atomic mass is 9.79. The molecule has 0 aromatic heterocycles. The maximum Gasteiger partial charge on any atom is 0.0897 e. The smallest absolute Gasteiger partial charge is 0.0897 e. The van der Waals surface area contributed by atoms with Gasteiger partial charge >= 0.3 is 0 Å². The predicted molar refractivity (Wildman–Crippen MR) is 31.3 cm³/mol. The third-order valence-electron chi connectivity index (χ3n) is 1.79. The molecular weight excluding hydrogens is 105 g/mol. The van der Waals surface area contributed by atoms with Crippen molar-refractivity contribution in [3.05, 3.63) is 0 Å². The highest BCUT2D eigenvalue weighted by Gasteiger charge is 2.24. The zero-order valence-corrected chi connectivity index (χ0v) is 4.94. The van der Waals surface area contributed by atoms with E-state index in [4.69, 9.17) is 5.73 Å². The van der Waals surface area contributed by atoms with Crippen LogP contribution in [0.3, 0.4) is 0 Å². The van der Waals surface area contributed by atoms with Gasteiger partial charge in [-0.15, -0.1) is 0 Å². The lowest BCUT2D eigenvalue weighted by molar-refractivity contribution is 0.229. The van der Waals surface area contributed by atoms with Crippen molar-refractivity contribution in [3.8, 4) is 0 Å². The van der Waals surface area contributed by atoms with E-state index in [-0.39, 0.29) is 6.67 Å². The van der Waals surface area contributed by atoms with Crippen molar-refractivity contribution >= 4 is 0 Å². The van der Waals surface area contributed by atoms with Crippen molar-refractivity contribution in [1.29, 1.82) is 0 Å². The molecule has 0 spiro atoms. The Labute approximate surface area is 49.1 Å². The second kappa shape index (κ2) is 2.44. The standard InChI is InChI=1S/C6H12FN/c7-2-1-5-3-6(8)4-5/h5-6H,1-4,8H2. The van der Waals surface area contributed by atoms with Crippen molar-refractivity contribution in [2.45, 2.75) is 25.3 Å². The first-order valence-electron chi connectivity index (χ1n) is 3.14. The van der Waals surface area contributed by atoms with Crippen LogP contribution in [0.25, 0.3) is 0 Å². The maximum absolute atomic E-state index is 11.6. The Balaban J connectivity index is 1.98. The minimum absolute atomic E-state index is 0.169. The molecule has 1 aliphatic rings. The lowest BCUT2D eigenvalue weighted by Crippen LogP contribution is -2.36. The number of hydrogen-bond donors (Lipinski definition) is 1. The highest BCUT2D eigenvalue weighted by Crippen LogP contribution is 2.28. The van der Waals surface area contributed by atoms with Gasteiger partial charge in [0.2, 0.25) is 0 Å². The third-order valence-corrected chi connectivity index (χ3v) is 1.79. The summed E-state index contributed by atoms with van der Waals surface area (Å²) in [6.45, 7) is -0.169. The predicted octanol–water partition coefficient (Wildman–Crippen LogP) is 1.08. The number of nitrogens with two attached hydrogens (primary N) is 1. The van der Waals surface area contributed by atoms with Crippen LogP contribution in [0.15, 0.2) is 0 Å². The van der Waals surface area contributed by atoms with Gasteiger partial charge in [-0.3, -0.25) is 4.39 Å². The largest absolute Gasteiger partial charge is 0.328 e. The summed E-state index contributed by atoms with van der Waals surface area (Å²) in [5.41, 5.74) is 5.48. The molecule has 0 aromatic rings. The van der Waals surface area contributed by atoms with Crippen LogP contribution in [0.2, 0.25) is 0 Å². The molecule has 0 saturated heterocycles. The summed E-state index contributed by atoms with van der Waals surface area (Å²) in [4.78, 5) is 0. The summed E-state index contributed by atoms with van der Waals surface area (Å²) in [5.74, 6) is 0.606. The van der Waals surface area contributed by atoms with E-state index in [0.29, 0.717) is 12.0 Å². The number of alkyl halides is 1. The average molecular weight is 117 g/mol. The Morgan fingerprint density at radius 2 is 2.12 bits per heavy atom. The molecule has 0 bridgehead atoms.